The molecule has 1 N–H and O–H groups in total. The molecule has 0 spiro atoms. The lowest BCUT2D eigenvalue weighted by atomic mass is 10.1. The summed E-state index contributed by atoms with van der Waals surface area (Å²) >= 11 is 5.92. The van der Waals surface area contributed by atoms with Crippen LogP contribution in [-0.2, 0) is 6.61 Å². The zero-order valence-corrected chi connectivity index (χ0v) is 11.9. The Labute approximate surface area is 116 Å². The van der Waals surface area contributed by atoms with Gasteiger partial charge in [0.15, 0.2) is 0 Å². The number of benzene rings is 1. The first-order chi connectivity index (χ1) is 8.99. The van der Waals surface area contributed by atoms with E-state index in [1.165, 1.54) is 0 Å². The number of aliphatic hydroxyl groups excluding tert-OH is 1. The first kappa shape index (κ1) is 13.9. The van der Waals surface area contributed by atoms with E-state index in [1.807, 2.05) is 13.8 Å². The van der Waals surface area contributed by atoms with Crippen LogP contribution in [0, 0.1) is 13.8 Å². The average molecular weight is 282 g/mol. The Balaban J connectivity index is 2.20. The van der Waals surface area contributed by atoms with Crippen molar-refractivity contribution in [3.8, 4) is 5.75 Å². The molecule has 2 rings (SSSR count). The van der Waals surface area contributed by atoms with Crippen molar-refractivity contribution in [2.24, 2.45) is 0 Å². The number of aromatic nitrogens is 1. The van der Waals surface area contributed by atoms with Gasteiger partial charge in [-0.2, -0.15) is 0 Å². The molecule has 0 unspecified atom stereocenters. The van der Waals surface area contributed by atoms with E-state index in [0.717, 1.165) is 17.0 Å². The van der Waals surface area contributed by atoms with Crippen LogP contribution >= 0.6 is 11.6 Å². The van der Waals surface area contributed by atoms with Gasteiger partial charge in [0.1, 0.15) is 18.1 Å². The summed E-state index contributed by atoms with van der Waals surface area (Å²) in [4.78, 5) is 0. The van der Waals surface area contributed by atoms with E-state index in [1.54, 1.807) is 25.1 Å². The molecule has 0 aliphatic heterocycles. The monoisotopic (exact) mass is 281 g/mol. The van der Waals surface area contributed by atoms with Crippen molar-refractivity contribution in [2.75, 3.05) is 0 Å². The van der Waals surface area contributed by atoms with Gasteiger partial charge in [0.25, 0.3) is 0 Å². The van der Waals surface area contributed by atoms with E-state index in [9.17, 15) is 5.11 Å². The summed E-state index contributed by atoms with van der Waals surface area (Å²) in [5.74, 6) is 1.35. The van der Waals surface area contributed by atoms with Crippen molar-refractivity contribution >= 4 is 11.6 Å². The third-order valence-electron chi connectivity index (χ3n) is 2.98. The van der Waals surface area contributed by atoms with Crippen molar-refractivity contribution < 1.29 is 14.4 Å². The highest BCUT2D eigenvalue weighted by molar-refractivity contribution is 6.30. The highest BCUT2D eigenvalue weighted by Gasteiger charge is 2.13. The fraction of sp³-hybridized carbons (Fsp3) is 0.357. The van der Waals surface area contributed by atoms with Crippen LogP contribution in [0.15, 0.2) is 22.7 Å². The highest BCUT2D eigenvalue weighted by atomic mass is 35.5. The van der Waals surface area contributed by atoms with Crippen LogP contribution in [-0.4, -0.2) is 10.3 Å². The zero-order chi connectivity index (χ0) is 14.0. The lowest BCUT2D eigenvalue weighted by Crippen LogP contribution is -2.02. The molecule has 0 amide bonds. The minimum Gasteiger partial charge on any atom is -0.488 e. The third kappa shape index (κ3) is 3.08. The summed E-state index contributed by atoms with van der Waals surface area (Å²) in [6.07, 6.45) is -0.640. The third-order valence-corrected chi connectivity index (χ3v) is 3.21. The van der Waals surface area contributed by atoms with Gasteiger partial charge in [-0.25, -0.2) is 0 Å². The van der Waals surface area contributed by atoms with Gasteiger partial charge in [0.05, 0.1) is 17.4 Å². The van der Waals surface area contributed by atoms with Gasteiger partial charge in [-0.1, -0.05) is 16.8 Å². The summed E-state index contributed by atoms with van der Waals surface area (Å²) in [7, 11) is 0. The first-order valence-electron chi connectivity index (χ1n) is 6.01. The molecule has 0 aliphatic rings. The van der Waals surface area contributed by atoms with Crippen molar-refractivity contribution in [2.45, 2.75) is 33.5 Å². The van der Waals surface area contributed by atoms with Crippen molar-refractivity contribution in [3.05, 3.63) is 45.8 Å². The molecule has 102 valence electrons. The van der Waals surface area contributed by atoms with Crippen LogP contribution < -0.4 is 4.74 Å². The Hall–Kier alpha value is -1.52. The van der Waals surface area contributed by atoms with E-state index in [0.29, 0.717) is 22.9 Å². The number of halogens is 1. The molecule has 4 nitrogen and oxygen atoms in total. The van der Waals surface area contributed by atoms with Crippen LogP contribution in [0.3, 0.4) is 0 Å². The average Bonchev–Trinajstić information content (AvgIpc) is 2.68. The number of ether oxygens (including phenoxy) is 1. The molecule has 19 heavy (non-hydrogen) atoms. The second kappa shape index (κ2) is 5.63. The lowest BCUT2D eigenvalue weighted by molar-refractivity contribution is 0.190. The van der Waals surface area contributed by atoms with Crippen LogP contribution in [0.5, 0.6) is 5.75 Å². The summed E-state index contributed by atoms with van der Waals surface area (Å²) in [5, 5.41) is 14.2. The van der Waals surface area contributed by atoms with Gasteiger partial charge < -0.3 is 14.4 Å². The SMILES string of the molecule is Cc1noc(C)c1COc1ccc(Cl)cc1[C@@H](C)O. The van der Waals surface area contributed by atoms with Crippen LogP contribution in [0.25, 0.3) is 0 Å². The smallest absolute Gasteiger partial charge is 0.140 e. The topological polar surface area (TPSA) is 55.5 Å². The largest absolute Gasteiger partial charge is 0.488 e. The Morgan fingerprint density at radius 3 is 2.74 bits per heavy atom. The van der Waals surface area contributed by atoms with Gasteiger partial charge in [-0.15, -0.1) is 0 Å². The molecule has 5 heteroatoms. The number of aryl methyl sites for hydroxylation is 2. The van der Waals surface area contributed by atoms with Crippen molar-refractivity contribution in [1.29, 1.82) is 0 Å². The second-order valence-electron chi connectivity index (χ2n) is 4.45. The summed E-state index contributed by atoms with van der Waals surface area (Å²) in [6, 6.07) is 5.19. The fourth-order valence-corrected chi connectivity index (χ4v) is 2.02. The Morgan fingerprint density at radius 1 is 1.42 bits per heavy atom. The molecular formula is C14H16ClNO3. The second-order valence-corrected chi connectivity index (χ2v) is 4.89. The zero-order valence-electron chi connectivity index (χ0n) is 11.1. The summed E-state index contributed by atoms with van der Waals surface area (Å²) < 4.78 is 10.8. The van der Waals surface area contributed by atoms with Crippen molar-refractivity contribution in [1.82, 2.24) is 5.16 Å². The van der Waals surface area contributed by atoms with Crippen molar-refractivity contribution in [3.63, 3.8) is 0 Å². The molecule has 0 radical (unpaired) electrons. The number of hydrogen-bond acceptors (Lipinski definition) is 4. The molecule has 1 heterocycles. The Morgan fingerprint density at radius 2 is 2.16 bits per heavy atom. The maximum absolute atomic E-state index is 9.73. The quantitative estimate of drug-likeness (QED) is 0.931. The minimum absolute atomic E-state index is 0.350. The Bertz CT molecular complexity index is 559. The molecule has 1 atom stereocenters. The van der Waals surface area contributed by atoms with Crippen LogP contribution in [0.1, 0.15) is 35.6 Å². The van der Waals surface area contributed by atoms with Gasteiger partial charge >= 0.3 is 0 Å². The molecule has 1 aromatic carbocycles. The minimum atomic E-state index is -0.640. The van der Waals surface area contributed by atoms with Gasteiger partial charge in [-0.3, -0.25) is 0 Å². The molecule has 2 aromatic rings. The molecule has 1 aromatic heterocycles. The maximum atomic E-state index is 9.73. The molecule has 0 bridgehead atoms. The van der Waals surface area contributed by atoms with Gasteiger partial charge in [0, 0.05) is 10.6 Å². The molecule has 0 saturated heterocycles. The molecular weight excluding hydrogens is 266 g/mol. The van der Waals surface area contributed by atoms with E-state index < -0.39 is 6.10 Å². The van der Waals surface area contributed by atoms with E-state index >= 15 is 0 Å². The molecule has 0 saturated carbocycles. The van der Waals surface area contributed by atoms with E-state index in [-0.39, 0.29) is 0 Å². The van der Waals surface area contributed by atoms with Crippen LogP contribution in [0.2, 0.25) is 5.02 Å². The van der Waals surface area contributed by atoms with Crippen LogP contribution in [0.4, 0.5) is 0 Å². The van der Waals surface area contributed by atoms with E-state index in [4.69, 9.17) is 20.9 Å². The van der Waals surface area contributed by atoms with E-state index in [2.05, 4.69) is 5.16 Å². The van der Waals surface area contributed by atoms with Gasteiger partial charge in [0.2, 0.25) is 0 Å². The lowest BCUT2D eigenvalue weighted by Gasteiger charge is -2.13. The Kier molecular flexibility index (Phi) is 4.12. The molecule has 0 aliphatic carbocycles. The summed E-state index contributed by atoms with van der Waals surface area (Å²) in [6.45, 7) is 5.74. The number of nitrogens with zero attached hydrogens (tertiary/aromatic N) is 1. The van der Waals surface area contributed by atoms with Gasteiger partial charge in [-0.05, 0) is 39.0 Å². The fourth-order valence-electron chi connectivity index (χ4n) is 1.84. The molecule has 0 fully saturated rings. The normalized spacial score (nSPS) is 12.5. The predicted molar refractivity (Wildman–Crippen MR) is 72.4 cm³/mol. The number of hydrogen-bond donors (Lipinski definition) is 1. The predicted octanol–water partition coefficient (Wildman–Crippen LogP) is 3.58. The first-order valence-corrected chi connectivity index (χ1v) is 6.39. The number of aliphatic hydroxyl groups is 1. The number of rotatable bonds is 4. The highest BCUT2D eigenvalue weighted by Crippen LogP contribution is 2.29. The maximum Gasteiger partial charge on any atom is 0.140 e. The summed E-state index contributed by atoms with van der Waals surface area (Å²) in [5.41, 5.74) is 2.40. The standard InChI is InChI=1S/C14H16ClNO3/c1-8-13(10(3)19-16-8)7-18-14-5-4-11(15)6-12(14)9(2)17/h4-6,9,17H,7H2,1-3H3/t9-/m1/s1.